The molecule has 0 aromatic heterocycles. The van der Waals surface area contributed by atoms with Gasteiger partial charge in [0.2, 0.25) is 0 Å². The van der Waals surface area contributed by atoms with E-state index in [1.165, 1.54) is 6.08 Å². The van der Waals surface area contributed by atoms with E-state index in [1.807, 2.05) is 0 Å². The van der Waals surface area contributed by atoms with E-state index in [0.29, 0.717) is 5.56 Å². The van der Waals surface area contributed by atoms with Crippen LogP contribution in [0.1, 0.15) is 11.7 Å². The number of hydrogen-bond acceptors (Lipinski definition) is 5. The minimum absolute atomic E-state index is 0.489. The van der Waals surface area contributed by atoms with Gasteiger partial charge in [0.05, 0.1) is 0 Å². The van der Waals surface area contributed by atoms with Gasteiger partial charge in [-0.25, -0.2) is 4.79 Å². The number of cyclic esters (lactones) is 1. The molecule has 0 saturated carbocycles. The Morgan fingerprint density at radius 1 is 1.17 bits per heavy atom. The van der Waals surface area contributed by atoms with E-state index in [2.05, 4.69) is 0 Å². The third-order valence-electron chi connectivity index (χ3n) is 2.82. The number of ether oxygens (including phenoxy) is 1. The lowest BCUT2D eigenvalue weighted by Gasteiger charge is -2.30. The fourth-order valence-corrected chi connectivity index (χ4v) is 1.83. The lowest BCUT2D eigenvalue weighted by molar-refractivity contribution is -0.166. The summed E-state index contributed by atoms with van der Waals surface area (Å²) < 4.78 is 4.82. The normalized spacial score (nSPS) is 26.5. The molecule has 1 heterocycles. The van der Waals surface area contributed by atoms with Gasteiger partial charge < -0.3 is 20.1 Å². The van der Waals surface area contributed by atoms with Crippen molar-refractivity contribution in [2.45, 2.75) is 24.4 Å². The molecule has 0 fully saturated rings. The topological polar surface area (TPSA) is 87.0 Å². The zero-order valence-corrected chi connectivity index (χ0v) is 9.51. The molecule has 2 unspecified atom stereocenters. The summed E-state index contributed by atoms with van der Waals surface area (Å²) in [6.45, 7) is 0. The molecule has 0 spiro atoms. The second-order valence-electron chi connectivity index (χ2n) is 4.10. The highest BCUT2D eigenvalue weighted by Gasteiger charge is 2.36. The SMILES string of the molecule is O=C1C=CC(O)C([C@H](O)[C@H](O)c2ccccc2)O1. The van der Waals surface area contributed by atoms with Crippen molar-refractivity contribution in [1.29, 1.82) is 0 Å². The maximum Gasteiger partial charge on any atom is 0.330 e. The third kappa shape index (κ3) is 2.59. The highest BCUT2D eigenvalue weighted by molar-refractivity contribution is 5.83. The molecule has 0 bridgehead atoms. The Bertz CT molecular complexity index is 442. The Balaban J connectivity index is 2.14. The molecule has 1 aliphatic heterocycles. The molecule has 3 N–H and O–H groups in total. The first-order chi connectivity index (χ1) is 8.59. The van der Waals surface area contributed by atoms with Gasteiger partial charge in [-0.05, 0) is 11.6 Å². The molecule has 96 valence electrons. The van der Waals surface area contributed by atoms with Gasteiger partial charge in [-0.1, -0.05) is 30.3 Å². The van der Waals surface area contributed by atoms with Crippen LogP contribution in [0.4, 0.5) is 0 Å². The van der Waals surface area contributed by atoms with Gasteiger partial charge in [0.15, 0.2) is 6.10 Å². The van der Waals surface area contributed by atoms with Crippen LogP contribution in [-0.2, 0) is 9.53 Å². The van der Waals surface area contributed by atoms with Gasteiger partial charge >= 0.3 is 5.97 Å². The van der Waals surface area contributed by atoms with Gasteiger partial charge in [-0.3, -0.25) is 0 Å². The summed E-state index contributed by atoms with van der Waals surface area (Å²) in [6.07, 6.45) is -2.60. The molecule has 1 aromatic rings. The Hall–Kier alpha value is -1.69. The fourth-order valence-electron chi connectivity index (χ4n) is 1.83. The maximum atomic E-state index is 11.1. The first-order valence-electron chi connectivity index (χ1n) is 5.57. The number of aliphatic hydroxyl groups excluding tert-OH is 3. The summed E-state index contributed by atoms with van der Waals surface area (Å²) in [7, 11) is 0. The van der Waals surface area contributed by atoms with E-state index >= 15 is 0 Å². The van der Waals surface area contributed by atoms with E-state index < -0.39 is 30.4 Å². The number of benzene rings is 1. The van der Waals surface area contributed by atoms with Crippen LogP contribution in [0.2, 0.25) is 0 Å². The Morgan fingerprint density at radius 2 is 1.83 bits per heavy atom. The van der Waals surface area contributed by atoms with Crippen molar-refractivity contribution in [3.63, 3.8) is 0 Å². The minimum atomic E-state index is -1.39. The third-order valence-corrected chi connectivity index (χ3v) is 2.82. The second kappa shape index (κ2) is 5.30. The molecule has 18 heavy (non-hydrogen) atoms. The number of hydrogen-bond donors (Lipinski definition) is 3. The molecule has 4 atom stereocenters. The molecule has 5 nitrogen and oxygen atoms in total. The van der Waals surface area contributed by atoms with Crippen LogP contribution < -0.4 is 0 Å². The van der Waals surface area contributed by atoms with Crippen LogP contribution in [0, 0.1) is 0 Å². The van der Waals surface area contributed by atoms with Crippen molar-refractivity contribution >= 4 is 5.97 Å². The Labute approximate surface area is 104 Å². The van der Waals surface area contributed by atoms with Crippen molar-refractivity contribution in [2.24, 2.45) is 0 Å². The van der Waals surface area contributed by atoms with Crippen LogP contribution in [0.25, 0.3) is 0 Å². The predicted molar refractivity (Wildman–Crippen MR) is 62.4 cm³/mol. The zero-order valence-electron chi connectivity index (χ0n) is 9.51. The molecule has 1 aliphatic rings. The van der Waals surface area contributed by atoms with Crippen molar-refractivity contribution < 1.29 is 24.9 Å². The molecule has 0 aliphatic carbocycles. The van der Waals surface area contributed by atoms with E-state index in [9.17, 15) is 20.1 Å². The summed E-state index contributed by atoms with van der Waals surface area (Å²) >= 11 is 0. The van der Waals surface area contributed by atoms with Crippen LogP contribution in [0.3, 0.4) is 0 Å². The van der Waals surface area contributed by atoms with Crippen molar-refractivity contribution in [1.82, 2.24) is 0 Å². The van der Waals surface area contributed by atoms with E-state index in [1.54, 1.807) is 30.3 Å². The molecule has 1 aromatic carbocycles. The van der Waals surface area contributed by atoms with Gasteiger partial charge in [-0.2, -0.15) is 0 Å². The number of carbonyl (C=O) groups is 1. The predicted octanol–water partition coefficient (Wildman–Crippen LogP) is -0.0766. The smallest absolute Gasteiger partial charge is 0.330 e. The van der Waals surface area contributed by atoms with Gasteiger partial charge in [0, 0.05) is 6.08 Å². The fraction of sp³-hybridized carbons (Fsp3) is 0.308. The first-order valence-corrected chi connectivity index (χ1v) is 5.57. The molecular weight excluding hydrogens is 236 g/mol. The van der Waals surface area contributed by atoms with Crippen LogP contribution in [0.5, 0.6) is 0 Å². The van der Waals surface area contributed by atoms with E-state index in [0.717, 1.165) is 6.08 Å². The molecule has 2 rings (SSSR count). The average molecular weight is 250 g/mol. The van der Waals surface area contributed by atoms with Crippen LogP contribution >= 0.6 is 0 Å². The van der Waals surface area contributed by atoms with Crippen LogP contribution in [0.15, 0.2) is 42.5 Å². The molecular formula is C13H14O5. The summed E-state index contributed by atoms with van der Waals surface area (Å²) in [5.74, 6) is -0.649. The number of esters is 1. The monoisotopic (exact) mass is 250 g/mol. The minimum Gasteiger partial charge on any atom is -0.453 e. The van der Waals surface area contributed by atoms with Gasteiger partial charge in [-0.15, -0.1) is 0 Å². The zero-order chi connectivity index (χ0) is 13.1. The summed E-state index contributed by atoms with van der Waals surface area (Å²) in [6, 6.07) is 8.49. The molecule has 0 saturated heterocycles. The number of carbonyl (C=O) groups excluding carboxylic acids is 1. The Kier molecular flexibility index (Phi) is 3.76. The second-order valence-corrected chi connectivity index (χ2v) is 4.10. The van der Waals surface area contributed by atoms with Crippen LogP contribution in [-0.4, -0.2) is 39.6 Å². The van der Waals surface area contributed by atoms with E-state index in [-0.39, 0.29) is 0 Å². The lowest BCUT2D eigenvalue weighted by Crippen LogP contribution is -2.45. The highest BCUT2D eigenvalue weighted by Crippen LogP contribution is 2.23. The summed E-state index contributed by atoms with van der Waals surface area (Å²) in [5, 5.41) is 29.5. The molecule has 5 heteroatoms. The van der Waals surface area contributed by atoms with Gasteiger partial charge in [0.25, 0.3) is 0 Å². The summed E-state index contributed by atoms with van der Waals surface area (Å²) in [5.41, 5.74) is 0.489. The number of rotatable bonds is 3. The quantitative estimate of drug-likeness (QED) is 0.653. The van der Waals surface area contributed by atoms with Crippen molar-refractivity contribution in [3.8, 4) is 0 Å². The maximum absolute atomic E-state index is 11.1. The largest absolute Gasteiger partial charge is 0.453 e. The van der Waals surface area contributed by atoms with Crippen molar-refractivity contribution in [2.75, 3.05) is 0 Å². The highest BCUT2D eigenvalue weighted by atomic mass is 16.6. The Morgan fingerprint density at radius 3 is 2.50 bits per heavy atom. The molecule has 0 amide bonds. The van der Waals surface area contributed by atoms with E-state index in [4.69, 9.17) is 4.74 Å². The standard InChI is InChI=1S/C13H14O5/c14-9-6-7-10(15)18-13(9)12(17)11(16)8-4-2-1-3-5-8/h1-7,9,11-14,16-17H/t9?,11-,12-,13?/m1/s1. The lowest BCUT2D eigenvalue weighted by atomic mass is 9.96. The van der Waals surface area contributed by atoms with Crippen molar-refractivity contribution in [3.05, 3.63) is 48.0 Å². The number of aliphatic hydroxyl groups is 3. The first kappa shape index (κ1) is 12.8. The summed E-state index contributed by atoms with van der Waals surface area (Å²) in [4.78, 5) is 11.1. The van der Waals surface area contributed by atoms with Gasteiger partial charge in [0.1, 0.15) is 18.3 Å². The molecule has 0 radical (unpaired) electrons. The average Bonchev–Trinajstić information content (AvgIpc) is 2.41.